The van der Waals surface area contributed by atoms with Gasteiger partial charge in [0.25, 0.3) is 5.56 Å². The third kappa shape index (κ3) is 5.08. The minimum absolute atomic E-state index is 0.199. The normalized spacial score (nSPS) is 11.0. The molecule has 0 saturated carbocycles. The van der Waals surface area contributed by atoms with Crippen LogP contribution in [0, 0.1) is 0 Å². The van der Waals surface area contributed by atoms with Crippen LogP contribution in [0.25, 0.3) is 10.9 Å². The van der Waals surface area contributed by atoms with Gasteiger partial charge in [0.15, 0.2) is 0 Å². The van der Waals surface area contributed by atoms with E-state index < -0.39 is 5.91 Å². The second kappa shape index (κ2) is 9.16. The molecule has 0 aliphatic heterocycles. The van der Waals surface area contributed by atoms with Crippen LogP contribution in [0.4, 0.5) is 0 Å². The van der Waals surface area contributed by atoms with E-state index in [0.717, 1.165) is 11.3 Å². The molecule has 0 saturated heterocycles. The third-order valence-corrected chi connectivity index (χ3v) is 4.41. The topological polar surface area (TPSA) is 90.4 Å². The quantitative estimate of drug-likeness (QED) is 0.563. The van der Waals surface area contributed by atoms with E-state index in [9.17, 15) is 9.59 Å². The van der Waals surface area contributed by atoms with Gasteiger partial charge in [0.2, 0.25) is 5.91 Å². The van der Waals surface area contributed by atoms with Gasteiger partial charge in [-0.25, -0.2) is 4.98 Å². The van der Waals surface area contributed by atoms with Crippen molar-refractivity contribution >= 4 is 16.8 Å². The number of hydrogen-bond donors (Lipinski definition) is 1. The number of rotatable bonds is 9. The monoisotopic (exact) mass is 392 g/mol. The molecule has 0 bridgehead atoms. The average molecular weight is 392 g/mol. The number of hydrogen-bond acceptors (Lipinski definition) is 5. The van der Waals surface area contributed by atoms with E-state index in [-0.39, 0.29) is 12.1 Å². The van der Waals surface area contributed by atoms with Gasteiger partial charge in [0, 0.05) is 6.54 Å². The van der Waals surface area contributed by atoms with Crippen LogP contribution in [0.3, 0.4) is 0 Å². The maximum atomic E-state index is 12.8. The van der Waals surface area contributed by atoms with E-state index in [2.05, 4.69) is 11.6 Å². The molecule has 0 aliphatic carbocycles. The summed E-state index contributed by atoms with van der Waals surface area (Å²) in [4.78, 5) is 30.9. The van der Waals surface area contributed by atoms with Gasteiger partial charge in [-0.1, -0.05) is 36.9 Å². The van der Waals surface area contributed by atoms with Crippen LogP contribution < -0.4 is 16.0 Å². The molecule has 0 fully saturated rings. The summed E-state index contributed by atoms with van der Waals surface area (Å²) < 4.78 is 6.85. The summed E-state index contributed by atoms with van der Waals surface area (Å²) in [5.74, 6) is 0.701. The van der Waals surface area contributed by atoms with Gasteiger partial charge < -0.3 is 10.5 Å². The summed E-state index contributed by atoms with van der Waals surface area (Å²) in [5, 5.41) is 0.468. The van der Waals surface area contributed by atoms with Gasteiger partial charge in [-0.2, -0.15) is 0 Å². The number of amides is 1. The molecule has 1 heterocycles. The lowest BCUT2D eigenvalue weighted by Gasteiger charge is -2.19. The van der Waals surface area contributed by atoms with Gasteiger partial charge >= 0.3 is 0 Å². The second-order valence-electron chi connectivity index (χ2n) is 6.82. The minimum atomic E-state index is -0.580. The fourth-order valence-electron chi connectivity index (χ4n) is 3.11. The Morgan fingerprint density at radius 1 is 1.21 bits per heavy atom. The number of fused-ring (bicyclic) bond motifs is 1. The predicted molar refractivity (Wildman–Crippen MR) is 113 cm³/mol. The van der Waals surface area contributed by atoms with E-state index >= 15 is 0 Å². The summed E-state index contributed by atoms with van der Waals surface area (Å²) >= 11 is 0. The Morgan fingerprint density at radius 3 is 2.62 bits per heavy atom. The van der Waals surface area contributed by atoms with Crippen molar-refractivity contribution in [3.05, 3.63) is 82.9 Å². The molecule has 150 valence electrons. The molecule has 0 spiro atoms. The van der Waals surface area contributed by atoms with Crippen LogP contribution in [-0.4, -0.2) is 34.0 Å². The highest BCUT2D eigenvalue weighted by atomic mass is 16.5. The Hall–Kier alpha value is -3.45. The van der Waals surface area contributed by atoms with Crippen molar-refractivity contribution in [3.63, 3.8) is 0 Å². The lowest BCUT2D eigenvalue weighted by molar-refractivity contribution is -0.118. The zero-order valence-electron chi connectivity index (χ0n) is 16.4. The molecule has 2 aromatic carbocycles. The molecule has 7 nitrogen and oxygen atoms in total. The number of nitrogens with two attached hydrogens (primary N) is 1. The maximum absolute atomic E-state index is 12.8. The molecule has 7 heteroatoms. The van der Waals surface area contributed by atoms with Crippen molar-refractivity contribution in [2.24, 2.45) is 5.73 Å². The first-order chi connectivity index (χ1) is 14.0. The number of benzene rings is 2. The first-order valence-electron chi connectivity index (χ1n) is 9.26. The van der Waals surface area contributed by atoms with Gasteiger partial charge in [-0.3, -0.25) is 19.1 Å². The highest BCUT2D eigenvalue weighted by molar-refractivity contribution is 5.78. The summed E-state index contributed by atoms with van der Waals surface area (Å²) in [6, 6.07) is 14.9. The lowest BCUT2D eigenvalue weighted by atomic mass is 10.2. The smallest absolute Gasteiger partial charge is 0.261 e. The maximum Gasteiger partial charge on any atom is 0.261 e. The van der Waals surface area contributed by atoms with Crippen LogP contribution in [0.2, 0.25) is 0 Å². The number of aromatic nitrogens is 2. The zero-order chi connectivity index (χ0) is 20.8. The highest BCUT2D eigenvalue weighted by Gasteiger charge is 2.14. The Bertz CT molecular complexity index is 1070. The lowest BCUT2D eigenvalue weighted by Crippen LogP contribution is -2.33. The van der Waals surface area contributed by atoms with Crippen molar-refractivity contribution in [3.8, 4) is 5.75 Å². The first kappa shape index (κ1) is 20.3. The molecule has 29 heavy (non-hydrogen) atoms. The van der Waals surface area contributed by atoms with E-state index in [1.54, 1.807) is 24.3 Å². The van der Waals surface area contributed by atoms with Crippen molar-refractivity contribution in [1.82, 2.24) is 14.5 Å². The van der Waals surface area contributed by atoms with Gasteiger partial charge in [-0.15, -0.1) is 0 Å². The number of nitrogens with zero attached hydrogens (tertiary/aromatic N) is 3. The minimum Gasteiger partial charge on any atom is -0.490 e. The molecule has 1 amide bonds. The van der Waals surface area contributed by atoms with Crippen LogP contribution in [0.1, 0.15) is 11.4 Å². The van der Waals surface area contributed by atoms with E-state index in [0.29, 0.717) is 36.4 Å². The molecule has 0 radical (unpaired) electrons. The molecule has 0 aliphatic rings. The molecule has 2 N–H and O–H groups in total. The van der Waals surface area contributed by atoms with E-state index in [4.69, 9.17) is 10.5 Å². The van der Waals surface area contributed by atoms with Crippen molar-refractivity contribution < 1.29 is 9.53 Å². The summed E-state index contributed by atoms with van der Waals surface area (Å²) in [7, 11) is 1.93. The highest BCUT2D eigenvalue weighted by Crippen LogP contribution is 2.15. The molecule has 0 atom stereocenters. The number of para-hydroxylation sites is 1. The van der Waals surface area contributed by atoms with Crippen LogP contribution in [-0.2, 0) is 24.4 Å². The van der Waals surface area contributed by atoms with Crippen molar-refractivity contribution in [2.45, 2.75) is 19.6 Å². The molecular formula is C22H24N4O3. The predicted octanol–water partition coefficient (Wildman–Crippen LogP) is 2.08. The zero-order valence-corrected chi connectivity index (χ0v) is 16.4. The fourth-order valence-corrected chi connectivity index (χ4v) is 3.11. The van der Waals surface area contributed by atoms with Gasteiger partial charge in [-0.05, 0) is 36.9 Å². The number of ether oxygens (including phenoxy) is 1. The third-order valence-electron chi connectivity index (χ3n) is 4.41. The number of carbonyl (C=O) groups excluding carboxylic acids is 1. The summed E-state index contributed by atoms with van der Waals surface area (Å²) in [6.07, 6.45) is 1.70. The molecule has 1 aromatic heterocycles. The Balaban J connectivity index is 1.81. The summed E-state index contributed by atoms with van der Waals surface area (Å²) in [6.45, 7) is 4.93. The van der Waals surface area contributed by atoms with Crippen molar-refractivity contribution in [1.29, 1.82) is 0 Å². The van der Waals surface area contributed by atoms with Crippen LogP contribution in [0.15, 0.2) is 66.0 Å². The molecule has 3 aromatic rings. The molecular weight excluding hydrogens is 368 g/mol. The van der Waals surface area contributed by atoms with E-state index in [1.807, 2.05) is 42.3 Å². The van der Waals surface area contributed by atoms with Gasteiger partial charge in [0.1, 0.15) is 24.7 Å². The van der Waals surface area contributed by atoms with E-state index in [1.165, 1.54) is 4.57 Å². The van der Waals surface area contributed by atoms with Crippen LogP contribution >= 0.6 is 0 Å². The number of carbonyl (C=O) groups is 1. The van der Waals surface area contributed by atoms with Crippen molar-refractivity contribution in [2.75, 3.05) is 13.7 Å². The standard InChI is InChI=1S/C22H24N4O3/c1-3-12-29-17-10-8-16(9-11-17)13-25(2)15-21-24-19-7-5-4-6-18(19)22(28)26(21)14-20(23)27/h3-11H,1,12-15H2,2H3,(H2,23,27). The fraction of sp³-hybridized carbons (Fsp3) is 0.227. The first-order valence-corrected chi connectivity index (χ1v) is 9.26. The van der Waals surface area contributed by atoms with Crippen LogP contribution in [0.5, 0.6) is 5.75 Å². The molecule has 0 unspecified atom stereocenters. The van der Waals surface area contributed by atoms with Gasteiger partial charge in [0.05, 0.1) is 17.4 Å². The SMILES string of the molecule is C=CCOc1ccc(CN(C)Cc2nc3ccccc3c(=O)n2CC(N)=O)cc1. The average Bonchev–Trinajstić information content (AvgIpc) is 2.70. The summed E-state index contributed by atoms with van der Waals surface area (Å²) in [5.41, 5.74) is 6.78. The Labute approximate surface area is 169 Å². The molecule has 3 rings (SSSR count). The second-order valence-corrected chi connectivity index (χ2v) is 6.82. The Morgan fingerprint density at radius 2 is 1.93 bits per heavy atom. The Kier molecular flexibility index (Phi) is 6.41. The number of primary amides is 1. The largest absolute Gasteiger partial charge is 0.490 e.